The fourth-order valence-corrected chi connectivity index (χ4v) is 4.88. The molecular formula is C31H41NO. The molecule has 0 saturated heterocycles. The molecule has 0 amide bonds. The van der Waals surface area contributed by atoms with Crippen LogP contribution in [-0.2, 0) is 24.2 Å². The summed E-state index contributed by atoms with van der Waals surface area (Å²) in [7, 11) is 1.61. The van der Waals surface area contributed by atoms with Gasteiger partial charge in [0.05, 0.1) is 7.11 Å². The zero-order chi connectivity index (χ0) is 23.3. The van der Waals surface area contributed by atoms with Crippen LogP contribution in [0.2, 0.25) is 0 Å². The van der Waals surface area contributed by atoms with E-state index in [9.17, 15) is 0 Å². The molecule has 4 rings (SSSR count). The number of benzene rings is 3. The summed E-state index contributed by atoms with van der Waals surface area (Å²) in [6, 6.07) is 28.9. The van der Waals surface area contributed by atoms with Crippen molar-refractivity contribution in [1.29, 1.82) is 0 Å². The van der Waals surface area contributed by atoms with E-state index in [4.69, 9.17) is 4.84 Å². The first-order valence-corrected chi connectivity index (χ1v) is 12.7. The molecule has 3 aromatic rings. The van der Waals surface area contributed by atoms with Gasteiger partial charge in [0.15, 0.2) is 0 Å². The molecule has 33 heavy (non-hydrogen) atoms. The van der Waals surface area contributed by atoms with Crippen molar-refractivity contribution >= 4 is 0 Å². The Morgan fingerprint density at radius 3 is 1.67 bits per heavy atom. The molecular weight excluding hydrogens is 402 g/mol. The van der Waals surface area contributed by atoms with Gasteiger partial charge in [-0.2, -0.15) is 5.48 Å². The third-order valence-corrected chi connectivity index (χ3v) is 6.88. The van der Waals surface area contributed by atoms with Crippen LogP contribution in [0.5, 0.6) is 0 Å². The molecule has 0 radical (unpaired) electrons. The Kier molecular flexibility index (Phi) is 10.7. The third-order valence-electron chi connectivity index (χ3n) is 6.88. The maximum absolute atomic E-state index is 4.70. The zero-order valence-corrected chi connectivity index (χ0v) is 20.7. The highest BCUT2D eigenvalue weighted by Gasteiger charge is 2.26. The van der Waals surface area contributed by atoms with Gasteiger partial charge in [0.25, 0.3) is 0 Å². The number of rotatable bonds is 8. The van der Waals surface area contributed by atoms with Crippen molar-refractivity contribution < 1.29 is 4.84 Å². The van der Waals surface area contributed by atoms with E-state index in [-0.39, 0.29) is 0 Å². The lowest BCUT2D eigenvalue weighted by atomic mass is 9.73. The van der Waals surface area contributed by atoms with Gasteiger partial charge >= 0.3 is 0 Å². The number of hydroxylamine groups is 1. The maximum atomic E-state index is 4.70. The second-order valence-corrected chi connectivity index (χ2v) is 9.08. The highest BCUT2D eigenvalue weighted by atomic mass is 16.6. The van der Waals surface area contributed by atoms with E-state index >= 15 is 0 Å². The first kappa shape index (κ1) is 25.2. The van der Waals surface area contributed by atoms with Crippen LogP contribution in [0, 0.1) is 5.92 Å². The molecule has 2 heteroatoms. The highest BCUT2D eigenvalue weighted by molar-refractivity contribution is 5.36. The number of aryl methyl sites for hydroxylation is 2. The molecule has 2 nitrogen and oxygen atoms in total. The molecule has 0 spiro atoms. The van der Waals surface area contributed by atoms with E-state index in [1.807, 2.05) is 30.3 Å². The minimum atomic E-state index is 0.576. The van der Waals surface area contributed by atoms with Crippen molar-refractivity contribution in [3.8, 4) is 0 Å². The lowest BCUT2D eigenvalue weighted by Gasteiger charge is -2.31. The molecule has 1 saturated carbocycles. The molecule has 1 fully saturated rings. The summed E-state index contributed by atoms with van der Waals surface area (Å²) < 4.78 is 0. The Hall–Kier alpha value is -2.42. The van der Waals surface area contributed by atoms with Gasteiger partial charge in [-0.15, -0.1) is 0 Å². The summed E-state index contributed by atoms with van der Waals surface area (Å²) in [5.41, 5.74) is 9.90. The second kappa shape index (κ2) is 14.0. The van der Waals surface area contributed by atoms with Gasteiger partial charge in [-0.25, -0.2) is 0 Å². The van der Waals surface area contributed by atoms with Crippen molar-refractivity contribution in [2.45, 2.75) is 71.3 Å². The molecule has 0 bridgehead atoms. The molecule has 176 valence electrons. The van der Waals surface area contributed by atoms with Crippen LogP contribution >= 0.6 is 0 Å². The normalized spacial score (nSPS) is 14.1. The van der Waals surface area contributed by atoms with Crippen molar-refractivity contribution in [2.75, 3.05) is 7.11 Å². The van der Waals surface area contributed by atoms with E-state index in [1.54, 1.807) is 7.11 Å². The number of hydrogen-bond acceptors (Lipinski definition) is 2. The Bertz CT molecular complexity index is 848. The molecule has 1 N–H and O–H groups in total. The summed E-state index contributed by atoms with van der Waals surface area (Å²) in [6.07, 6.45) is 9.25. The lowest BCUT2D eigenvalue weighted by molar-refractivity contribution is 0.0867. The van der Waals surface area contributed by atoms with Gasteiger partial charge in [-0.3, -0.25) is 0 Å². The topological polar surface area (TPSA) is 21.3 Å². The van der Waals surface area contributed by atoms with Crippen LogP contribution in [0.1, 0.15) is 79.7 Å². The van der Waals surface area contributed by atoms with E-state index in [0.29, 0.717) is 5.92 Å². The SMILES string of the molecule is CCc1ccc(C(c2ccc(CC)cc2)C2CCCCC2)cc1.CONCc1ccccc1. The highest BCUT2D eigenvalue weighted by Crippen LogP contribution is 2.40. The van der Waals surface area contributed by atoms with Crippen LogP contribution in [-0.4, -0.2) is 7.11 Å². The Morgan fingerprint density at radius 2 is 1.21 bits per heavy atom. The fourth-order valence-electron chi connectivity index (χ4n) is 4.88. The van der Waals surface area contributed by atoms with Crippen molar-refractivity contribution in [2.24, 2.45) is 5.92 Å². The Balaban J connectivity index is 0.000000257. The smallest absolute Gasteiger partial charge is 0.0572 e. The standard InChI is InChI=1S/C23H30.C8H11NO/c1-3-18-10-14-21(15-11-18)23(20-8-6-5-7-9-20)22-16-12-19(4-2)13-17-22;1-10-9-7-8-5-3-2-4-6-8/h10-17,20,23H,3-9H2,1-2H3;2-6,9H,7H2,1H3. The molecule has 0 unspecified atom stereocenters. The average Bonchev–Trinajstić information content (AvgIpc) is 2.90. The van der Waals surface area contributed by atoms with Gasteiger partial charge in [0.1, 0.15) is 0 Å². The van der Waals surface area contributed by atoms with Crippen molar-refractivity contribution in [3.05, 3.63) is 107 Å². The fraction of sp³-hybridized carbons (Fsp3) is 0.419. The van der Waals surface area contributed by atoms with Gasteiger partial charge in [-0.1, -0.05) is 112 Å². The second-order valence-electron chi connectivity index (χ2n) is 9.08. The average molecular weight is 444 g/mol. The van der Waals surface area contributed by atoms with Crippen LogP contribution in [0.15, 0.2) is 78.9 Å². The van der Waals surface area contributed by atoms with E-state index < -0.39 is 0 Å². The molecule has 1 aliphatic rings. The summed E-state index contributed by atoms with van der Waals surface area (Å²) in [6.45, 7) is 5.23. The minimum absolute atomic E-state index is 0.576. The van der Waals surface area contributed by atoms with Gasteiger partial charge in [-0.05, 0) is 59.4 Å². The molecule has 0 heterocycles. The van der Waals surface area contributed by atoms with Gasteiger partial charge in [0.2, 0.25) is 0 Å². The molecule has 0 aliphatic heterocycles. The van der Waals surface area contributed by atoms with Crippen LogP contribution in [0.4, 0.5) is 0 Å². The summed E-state index contributed by atoms with van der Waals surface area (Å²) in [5.74, 6) is 1.39. The molecule has 3 aromatic carbocycles. The summed E-state index contributed by atoms with van der Waals surface area (Å²) >= 11 is 0. The zero-order valence-electron chi connectivity index (χ0n) is 20.7. The molecule has 0 atom stereocenters. The van der Waals surface area contributed by atoms with E-state index in [1.165, 1.54) is 59.9 Å². The first-order valence-electron chi connectivity index (χ1n) is 12.7. The van der Waals surface area contributed by atoms with Crippen LogP contribution in [0.25, 0.3) is 0 Å². The quantitative estimate of drug-likeness (QED) is 0.358. The van der Waals surface area contributed by atoms with Crippen molar-refractivity contribution in [1.82, 2.24) is 5.48 Å². The van der Waals surface area contributed by atoms with E-state index in [2.05, 4.69) is 67.9 Å². The van der Waals surface area contributed by atoms with Gasteiger partial charge in [0, 0.05) is 12.5 Å². The van der Waals surface area contributed by atoms with Crippen LogP contribution < -0.4 is 5.48 Å². The van der Waals surface area contributed by atoms with Crippen molar-refractivity contribution in [3.63, 3.8) is 0 Å². The summed E-state index contributed by atoms with van der Waals surface area (Å²) in [5, 5.41) is 0. The number of nitrogens with one attached hydrogen (secondary N) is 1. The monoisotopic (exact) mass is 443 g/mol. The van der Waals surface area contributed by atoms with Gasteiger partial charge < -0.3 is 4.84 Å². The maximum Gasteiger partial charge on any atom is 0.0572 e. The van der Waals surface area contributed by atoms with Crippen LogP contribution in [0.3, 0.4) is 0 Å². The predicted octanol–water partition coefficient (Wildman–Crippen LogP) is 7.86. The minimum Gasteiger partial charge on any atom is -0.305 e. The summed E-state index contributed by atoms with van der Waals surface area (Å²) in [4.78, 5) is 4.70. The van der Waals surface area contributed by atoms with E-state index in [0.717, 1.165) is 25.3 Å². The predicted molar refractivity (Wildman–Crippen MR) is 140 cm³/mol. The lowest BCUT2D eigenvalue weighted by Crippen LogP contribution is -2.17. The third kappa shape index (κ3) is 7.84. The number of hydrogen-bond donors (Lipinski definition) is 1. The molecule has 1 aliphatic carbocycles. The molecule has 0 aromatic heterocycles. The Labute approximate surface area is 201 Å². The largest absolute Gasteiger partial charge is 0.305 e. The first-order chi connectivity index (χ1) is 16.2. The Morgan fingerprint density at radius 1 is 0.697 bits per heavy atom.